The van der Waals surface area contributed by atoms with Crippen LogP contribution in [-0.4, -0.2) is 36.8 Å². The molecule has 1 unspecified atom stereocenters. The van der Waals surface area contributed by atoms with E-state index in [0.29, 0.717) is 16.5 Å². The van der Waals surface area contributed by atoms with Crippen LogP contribution in [0.25, 0.3) is 10.8 Å². The number of thiophene rings is 1. The molecule has 1 aromatic heterocycles. The lowest BCUT2D eigenvalue weighted by molar-refractivity contribution is -0.144. The summed E-state index contributed by atoms with van der Waals surface area (Å²) in [7, 11) is 0. The van der Waals surface area contributed by atoms with Gasteiger partial charge in [-0.3, -0.25) is 9.59 Å². The molecule has 1 aliphatic carbocycles. The summed E-state index contributed by atoms with van der Waals surface area (Å²) in [6.07, 6.45) is 2.66. The second-order valence-corrected chi connectivity index (χ2v) is 10.4. The SMILES string of the molecule is CCOC(=O)c1c(NC(=O)COC(=O)CSc2ccc3ccccc3c2)sc2c1CCC(C)C2. The van der Waals surface area contributed by atoms with E-state index in [4.69, 9.17) is 9.47 Å². The highest BCUT2D eigenvalue weighted by Crippen LogP contribution is 2.40. The first-order valence-electron chi connectivity index (χ1n) is 11.3. The average Bonchev–Trinajstić information content (AvgIpc) is 3.18. The number of rotatable bonds is 8. The van der Waals surface area contributed by atoms with E-state index in [0.717, 1.165) is 45.4 Å². The van der Waals surface area contributed by atoms with Crippen molar-refractivity contribution in [2.45, 2.75) is 38.0 Å². The lowest BCUT2D eigenvalue weighted by atomic mass is 9.88. The van der Waals surface area contributed by atoms with Gasteiger partial charge in [0.15, 0.2) is 6.61 Å². The summed E-state index contributed by atoms with van der Waals surface area (Å²) in [5, 5.41) is 5.48. The quantitative estimate of drug-likeness (QED) is 0.328. The minimum atomic E-state index is -0.474. The first-order valence-corrected chi connectivity index (χ1v) is 13.1. The maximum Gasteiger partial charge on any atom is 0.341 e. The van der Waals surface area contributed by atoms with Crippen LogP contribution in [0.2, 0.25) is 0 Å². The topological polar surface area (TPSA) is 81.7 Å². The molecule has 0 radical (unpaired) electrons. The van der Waals surface area contributed by atoms with Gasteiger partial charge in [0, 0.05) is 9.77 Å². The largest absolute Gasteiger partial charge is 0.462 e. The third kappa shape index (κ3) is 5.80. The van der Waals surface area contributed by atoms with Crippen molar-refractivity contribution in [1.29, 1.82) is 0 Å². The van der Waals surface area contributed by atoms with Gasteiger partial charge in [0.2, 0.25) is 0 Å². The predicted molar refractivity (Wildman–Crippen MR) is 136 cm³/mol. The van der Waals surface area contributed by atoms with Crippen LogP contribution in [0, 0.1) is 5.92 Å². The molecule has 178 valence electrons. The van der Waals surface area contributed by atoms with Crippen LogP contribution in [0.3, 0.4) is 0 Å². The number of carbonyl (C=O) groups is 3. The highest BCUT2D eigenvalue weighted by molar-refractivity contribution is 8.00. The highest BCUT2D eigenvalue weighted by Gasteiger charge is 2.29. The summed E-state index contributed by atoms with van der Waals surface area (Å²) in [4.78, 5) is 39.3. The number of thioether (sulfide) groups is 1. The Morgan fingerprint density at radius 3 is 2.71 bits per heavy atom. The summed E-state index contributed by atoms with van der Waals surface area (Å²) < 4.78 is 10.4. The Balaban J connectivity index is 1.33. The molecule has 0 saturated heterocycles. The van der Waals surface area contributed by atoms with E-state index in [-0.39, 0.29) is 12.4 Å². The summed E-state index contributed by atoms with van der Waals surface area (Å²) in [6, 6.07) is 14.0. The van der Waals surface area contributed by atoms with E-state index in [1.807, 2.05) is 42.5 Å². The van der Waals surface area contributed by atoms with Crippen molar-refractivity contribution in [2.75, 3.05) is 24.3 Å². The van der Waals surface area contributed by atoms with E-state index < -0.39 is 24.5 Å². The lowest BCUT2D eigenvalue weighted by Gasteiger charge is -2.18. The molecule has 1 amide bonds. The normalized spacial score (nSPS) is 14.9. The number of hydrogen-bond donors (Lipinski definition) is 1. The fourth-order valence-electron chi connectivity index (χ4n) is 4.01. The zero-order valence-electron chi connectivity index (χ0n) is 19.2. The number of ether oxygens (including phenoxy) is 2. The van der Waals surface area contributed by atoms with E-state index >= 15 is 0 Å². The van der Waals surface area contributed by atoms with Crippen LogP contribution in [0.4, 0.5) is 5.00 Å². The van der Waals surface area contributed by atoms with Crippen LogP contribution >= 0.6 is 23.1 Å². The van der Waals surface area contributed by atoms with Gasteiger partial charge in [-0.05, 0) is 60.6 Å². The average molecular weight is 498 g/mol. The molecule has 2 aromatic carbocycles. The van der Waals surface area contributed by atoms with Crippen molar-refractivity contribution in [1.82, 2.24) is 0 Å². The first kappa shape index (κ1) is 24.3. The Kier molecular flexibility index (Phi) is 7.90. The van der Waals surface area contributed by atoms with Gasteiger partial charge < -0.3 is 14.8 Å². The lowest BCUT2D eigenvalue weighted by Crippen LogP contribution is -2.22. The molecule has 1 heterocycles. The van der Waals surface area contributed by atoms with Gasteiger partial charge in [0.25, 0.3) is 5.91 Å². The van der Waals surface area contributed by atoms with E-state index in [2.05, 4.69) is 12.2 Å². The van der Waals surface area contributed by atoms with Gasteiger partial charge in [-0.2, -0.15) is 0 Å². The Labute approximate surface area is 207 Å². The summed E-state index contributed by atoms with van der Waals surface area (Å²) in [5.41, 5.74) is 1.42. The van der Waals surface area contributed by atoms with Crippen molar-refractivity contribution in [3.63, 3.8) is 0 Å². The predicted octanol–water partition coefficient (Wildman–Crippen LogP) is 5.48. The molecular weight excluding hydrogens is 470 g/mol. The standard InChI is InChI=1S/C26H27NO5S2/c1-3-31-26(30)24-20-11-8-16(2)12-21(20)34-25(24)27-22(28)14-32-23(29)15-33-19-10-9-17-6-4-5-7-18(17)13-19/h4-7,9-10,13,16H,3,8,11-12,14-15H2,1-2H3,(H,27,28). The van der Waals surface area contributed by atoms with Crippen molar-refractivity contribution in [3.05, 3.63) is 58.5 Å². The Morgan fingerprint density at radius 1 is 1.12 bits per heavy atom. The second-order valence-electron chi connectivity index (χ2n) is 8.28. The first-order chi connectivity index (χ1) is 16.4. The Hall–Kier alpha value is -2.84. The van der Waals surface area contributed by atoms with E-state index in [9.17, 15) is 14.4 Å². The van der Waals surface area contributed by atoms with Gasteiger partial charge in [-0.25, -0.2) is 4.79 Å². The fourth-order valence-corrected chi connectivity index (χ4v) is 6.17. The molecule has 34 heavy (non-hydrogen) atoms. The number of carbonyl (C=O) groups excluding carboxylic acids is 3. The minimum Gasteiger partial charge on any atom is -0.462 e. The Bertz CT molecular complexity index is 1220. The van der Waals surface area contributed by atoms with Gasteiger partial charge in [-0.1, -0.05) is 37.3 Å². The van der Waals surface area contributed by atoms with Gasteiger partial charge >= 0.3 is 11.9 Å². The van der Waals surface area contributed by atoms with Crippen LogP contribution < -0.4 is 5.32 Å². The van der Waals surface area contributed by atoms with Crippen LogP contribution in [-0.2, 0) is 31.9 Å². The number of anilines is 1. The molecule has 1 N–H and O–H groups in total. The van der Waals surface area contributed by atoms with Crippen molar-refractivity contribution in [3.8, 4) is 0 Å². The molecule has 8 heteroatoms. The third-order valence-corrected chi connectivity index (χ3v) is 7.82. The van der Waals surface area contributed by atoms with Crippen LogP contribution in [0.1, 0.15) is 41.1 Å². The molecule has 0 bridgehead atoms. The van der Waals surface area contributed by atoms with E-state index in [1.54, 1.807) is 6.92 Å². The Morgan fingerprint density at radius 2 is 1.91 bits per heavy atom. The zero-order chi connectivity index (χ0) is 24.1. The number of amides is 1. The number of hydrogen-bond acceptors (Lipinski definition) is 7. The molecule has 4 rings (SSSR count). The van der Waals surface area contributed by atoms with E-state index in [1.165, 1.54) is 23.1 Å². The number of esters is 2. The highest BCUT2D eigenvalue weighted by atomic mass is 32.2. The molecule has 0 saturated carbocycles. The van der Waals surface area contributed by atoms with Crippen LogP contribution in [0.5, 0.6) is 0 Å². The maximum atomic E-state index is 12.6. The second kappa shape index (κ2) is 11.1. The molecule has 6 nitrogen and oxygen atoms in total. The van der Waals surface area contributed by atoms with Crippen molar-refractivity contribution < 1.29 is 23.9 Å². The molecule has 0 fully saturated rings. The monoisotopic (exact) mass is 497 g/mol. The van der Waals surface area contributed by atoms with Gasteiger partial charge in [0.05, 0.1) is 17.9 Å². The fraction of sp³-hybridized carbons (Fsp3) is 0.346. The molecule has 1 aliphatic rings. The van der Waals surface area contributed by atoms with Crippen LogP contribution in [0.15, 0.2) is 47.4 Å². The van der Waals surface area contributed by atoms with Gasteiger partial charge in [0.1, 0.15) is 5.00 Å². The number of nitrogens with one attached hydrogen (secondary N) is 1. The molecule has 0 aliphatic heterocycles. The smallest absolute Gasteiger partial charge is 0.341 e. The zero-order valence-corrected chi connectivity index (χ0v) is 20.9. The number of benzene rings is 2. The summed E-state index contributed by atoms with van der Waals surface area (Å²) >= 11 is 2.78. The molecule has 0 spiro atoms. The summed E-state index contributed by atoms with van der Waals surface area (Å²) in [6.45, 7) is 3.80. The molecular formula is C26H27NO5S2. The minimum absolute atomic E-state index is 0.102. The van der Waals surface area contributed by atoms with Gasteiger partial charge in [-0.15, -0.1) is 23.1 Å². The van der Waals surface area contributed by atoms with Crippen molar-refractivity contribution >= 4 is 56.7 Å². The molecule has 3 aromatic rings. The third-order valence-electron chi connectivity index (χ3n) is 5.69. The summed E-state index contributed by atoms with van der Waals surface area (Å²) in [5.74, 6) is -0.732. The van der Waals surface area contributed by atoms with Crippen molar-refractivity contribution in [2.24, 2.45) is 5.92 Å². The molecule has 1 atom stereocenters. The maximum absolute atomic E-state index is 12.6. The number of fused-ring (bicyclic) bond motifs is 2.